The van der Waals surface area contributed by atoms with Crippen molar-refractivity contribution in [2.75, 3.05) is 6.61 Å². The molecule has 1 unspecified atom stereocenters. The van der Waals surface area contributed by atoms with Crippen molar-refractivity contribution in [3.05, 3.63) is 0 Å². The molecule has 0 rings (SSSR count). The highest BCUT2D eigenvalue weighted by Gasteiger charge is 2.19. The molecule has 8 nitrogen and oxygen atoms in total. The lowest BCUT2D eigenvalue weighted by atomic mass is 10.5. The standard InChI is InChI=1S/C3H8O2.2CH2F2O3S/c1-3(5)2-4;2*2-1(3)7(4,5)6/h3-5H,2H2,1H3;2*1H,(H,4,5,6). The smallest absolute Gasteiger partial charge is 0.361 e. The van der Waals surface area contributed by atoms with E-state index in [4.69, 9.17) is 36.2 Å². The van der Waals surface area contributed by atoms with Gasteiger partial charge in [0.25, 0.3) is 0 Å². The third-order valence-corrected chi connectivity index (χ3v) is 1.62. The molecule has 0 aliphatic rings. The number of aliphatic hydroxyl groups excluding tert-OH is 2. The molecule has 0 aliphatic heterocycles. The Kier molecular flexibility index (Phi) is 12.7. The van der Waals surface area contributed by atoms with Crippen molar-refractivity contribution in [2.45, 2.75) is 24.5 Å². The second-order valence-corrected chi connectivity index (χ2v) is 5.36. The van der Waals surface area contributed by atoms with Gasteiger partial charge in [0.05, 0.1) is 12.7 Å². The number of hydrogen-bond donors (Lipinski definition) is 4. The summed E-state index contributed by atoms with van der Waals surface area (Å²) < 4.78 is 94.0. The molecule has 14 heteroatoms. The van der Waals surface area contributed by atoms with Crippen LogP contribution in [0.1, 0.15) is 6.92 Å². The minimum atomic E-state index is -5.07. The summed E-state index contributed by atoms with van der Waals surface area (Å²) >= 11 is 0. The molecule has 0 radical (unpaired) electrons. The first-order valence-corrected chi connectivity index (χ1v) is 6.94. The molecule has 0 aromatic carbocycles. The molecule has 4 N–H and O–H groups in total. The van der Waals surface area contributed by atoms with Gasteiger partial charge >= 0.3 is 31.8 Å². The summed E-state index contributed by atoms with van der Waals surface area (Å²) in [7, 11) is -10.1. The number of hydrogen-bond acceptors (Lipinski definition) is 6. The van der Waals surface area contributed by atoms with Crippen LogP contribution in [0, 0.1) is 0 Å². The van der Waals surface area contributed by atoms with E-state index in [0.717, 1.165) is 0 Å². The maximum Gasteiger partial charge on any atom is 0.361 e. The molecule has 0 aromatic rings. The van der Waals surface area contributed by atoms with Gasteiger partial charge in [-0.1, -0.05) is 0 Å². The number of rotatable bonds is 3. The molecular weight excluding hydrogens is 328 g/mol. The van der Waals surface area contributed by atoms with Crippen LogP contribution in [-0.4, -0.2) is 60.4 Å². The maximum atomic E-state index is 10.7. The van der Waals surface area contributed by atoms with Crippen molar-refractivity contribution in [1.29, 1.82) is 0 Å². The van der Waals surface area contributed by atoms with Gasteiger partial charge in [-0.25, -0.2) is 0 Å². The molecule has 0 heterocycles. The maximum absolute atomic E-state index is 10.7. The molecule has 0 saturated carbocycles. The fourth-order valence-corrected chi connectivity index (χ4v) is 0. The Hall–Kier alpha value is -0.540. The Morgan fingerprint density at radius 2 is 1.00 bits per heavy atom. The fraction of sp³-hybridized carbons (Fsp3) is 1.00. The quantitative estimate of drug-likeness (QED) is 0.399. The second-order valence-electron chi connectivity index (χ2n) is 2.58. The van der Waals surface area contributed by atoms with Crippen LogP contribution < -0.4 is 0 Å². The van der Waals surface area contributed by atoms with Crippen LogP contribution >= 0.6 is 0 Å². The highest BCUT2D eigenvalue weighted by atomic mass is 32.2. The van der Waals surface area contributed by atoms with Crippen LogP contribution in [0.3, 0.4) is 0 Å². The van der Waals surface area contributed by atoms with Gasteiger partial charge in [-0.05, 0) is 6.92 Å². The molecule has 0 aromatic heterocycles. The molecule has 0 bridgehead atoms. The SMILES string of the molecule is CC(O)CO.O=S(=O)(O)C(F)F.O=S(=O)(O)C(F)F. The van der Waals surface area contributed by atoms with Crippen molar-refractivity contribution in [3.63, 3.8) is 0 Å². The van der Waals surface area contributed by atoms with E-state index in [0.29, 0.717) is 0 Å². The van der Waals surface area contributed by atoms with E-state index in [1.54, 1.807) is 0 Å². The third kappa shape index (κ3) is 23.0. The average molecular weight is 340 g/mol. The van der Waals surface area contributed by atoms with Crippen molar-refractivity contribution in [2.24, 2.45) is 0 Å². The summed E-state index contributed by atoms with van der Waals surface area (Å²) in [4.78, 5) is 0. The van der Waals surface area contributed by atoms with Crippen LogP contribution in [0.25, 0.3) is 0 Å². The molecule has 1 atom stereocenters. The summed E-state index contributed by atoms with van der Waals surface area (Å²) in [5.41, 5.74) is 0. The fourth-order valence-electron chi connectivity index (χ4n) is 0. The molecular formula is C5H12F4O8S2. The summed E-state index contributed by atoms with van der Waals surface area (Å²) in [6.45, 7) is 1.39. The summed E-state index contributed by atoms with van der Waals surface area (Å²) in [6.07, 6.45) is -0.560. The zero-order valence-corrected chi connectivity index (χ0v) is 10.8. The van der Waals surface area contributed by atoms with E-state index in [2.05, 4.69) is 0 Å². The van der Waals surface area contributed by atoms with Gasteiger partial charge in [0.15, 0.2) is 0 Å². The average Bonchev–Trinajstić information content (AvgIpc) is 2.16. The zero-order chi connectivity index (χ0) is 16.4. The number of halogens is 4. The van der Waals surface area contributed by atoms with Gasteiger partial charge in [-0.2, -0.15) is 34.4 Å². The van der Waals surface area contributed by atoms with Crippen LogP contribution in [0.15, 0.2) is 0 Å². The van der Waals surface area contributed by atoms with Gasteiger partial charge in [-0.15, -0.1) is 0 Å². The minimum Gasteiger partial charge on any atom is -0.394 e. The lowest BCUT2D eigenvalue weighted by Crippen LogP contribution is -2.07. The van der Waals surface area contributed by atoms with Crippen LogP contribution in [-0.2, 0) is 20.2 Å². The normalized spacial score (nSPS) is 13.2. The van der Waals surface area contributed by atoms with Gasteiger partial charge in [0, 0.05) is 0 Å². The van der Waals surface area contributed by atoms with E-state index < -0.39 is 37.9 Å². The van der Waals surface area contributed by atoms with E-state index in [-0.39, 0.29) is 6.61 Å². The van der Waals surface area contributed by atoms with E-state index >= 15 is 0 Å². The highest BCUT2D eigenvalue weighted by molar-refractivity contribution is 7.86. The van der Waals surface area contributed by atoms with Crippen LogP contribution in [0.2, 0.25) is 0 Å². The Labute approximate surface area is 106 Å². The highest BCUT2D eigenvalue weighted by Crippen LogP contribution is 1.99. The van der Waals surface area contributed by atoms with E-state index in [1.807, 2.05) is 0 Å². The van der Waals surface area contributed by atoms with Crippen LogP contribution in [0.5, 0.6) is 0 Å². The topological polar surface area (TPSA) is 149 Å². The van der Waals surface area contributed by atoms with Gasteiger partial charge in [0.2, 0.25) is 0 Å². The molecule has 0 spiro atoms. The zero-order valence-electron chi connectivity index (χ0n) is 9.19. The first kappa shape index (κ1) is 23.5. The molecule has 120 valence electrons. The number of aliphatic hydroxyl groups is 2. The van der Waals surface area contributed by atoms with Crippen molar-refractivity contribution in [1.82, 2.24) is 0 Å². The molecule has 0 fully saturated rings. The summed E-state index contributed by atoms with van der Waals surface area (Å²) in [5, 5.41) is 16.0. The third-order valence-electron chi connectivity index (χ3n) is 0.715. The molecule has 0 aliphatic carbocycles. The van der Waals surface area contributed by atoms with Crippen molar-refractivity contribution < 1.29 is 53.7 Å². The first-order valence-electron chi connectivity index (χ1n) is 3.94. The Bertz CT molecular complexity index is 367. The van der Waals surface area contributed by atoms with Gasteiger partial charge in [0.1, 0.15) is 0 Å². The van der Waals surface area contributed by atoms with Gasteiger partial charge < -0.3 is 10.2 Å². The van der Waals surface area contributed by atoms with Crippen LogP contribution in [0.4, 0.5) is 17.6 Å². The Morgan fingerprint density at radius 3 is 1.00 bits per heavy atom. The predicted octanol–water partition coefficient (Wildman–Crippen LogP) is -0.447. The summed E-state index contributed by atoms with van der Waals surface area (Å²) in [5.74, 6) is -7.35. The Morgan fingerprint density at radius 1 is 0.895 bits per heavy atom. The predicted molar refractivity (Wildman–Crippen MR) is 53.9 cm³/mol. The monoisotopic (exact) mass is 340 g/mol. The molecule has 19 heavy (non-hydrogen) atoms. The minimum absolute atomic E-state index is 0.139. The van der Waals surface area contributed by atoms with Gasteiger partial charge in [-0.3, -0.25) is 9.11 Å². The first-order chi connectivity index (χ1) is 8.16. The largest absolute Gasteiger partial charge is 0.394 e. The lowest BCUT2D eigenvalue weighted by molar-refractivity contribution is 0.110. The number of alkyl halides is 4. The van der Waals surface area contributed by atoms with Crippen molar-refractivity contribution >= 4 is 20.2 Å². The van der Waals surface area contributed by atoms with E-state index in [9.17, 15) is 17.6 Å². The Balaban J connectivity index is -0.000000206. The molecule has 0 amide bonds. The van der Waals surface area contributed by atoms with Crippen molar-refractivity contribution in [3.8, 4) is 0 Å². The van der Waals surface area contributed by atoms with E-state index in [1.165, 1.54) is 6.92 Å². The molecule has 0 saturated heterocycles. The second kappa shape index (κ2) is 10.3. The summed E-state index contributed by atoms with van der Waals surface area (Å²) in [6, 6.07) is 0. The lowest BCUT2D eigenvalue weighted by Gasteiger charge is -1.90.